The highest BCUT2D eigenvalue weighted by Crippen LogP contribution is 2.36. The maximum Gasteiger partial charge on any atom is 0.140 e. The average molecular weight is 307 g/mol. The molecular weight excluding hydrogens is 278 g/mol. The molecule has 0 aromatic carbocycles. The van der Waals surface area contributed by atoms with Crippen LogP contribution in [0.15, 0.2) is 4.52 Å². The van der Waals surface area contributed by atoms with E-state index < -0.39 is 0 Å². The van der Waals surface area contributed by atoms with Crippen LogP contribution in [0.1, 0.15) is 43.7 Å². The highest BCUT2D eigenvalue weighted by Gasteiger charge is 2.32. The Hall–Kier alpha value is -0.910. The average Bonchev–Trinajstić information content (AvgIpc) is 2.87. The van der Waals surface area contributed by atoms with Crippen molar-refractivity contribution in [2.24, 2.45) is 5.41 Å². The van der Waals surface area contributed by atoms with Crippen molar-refractivity contribution in [1.82, 2.24) is 15.4 Å². The fourth-order valence-electron chi connectivity index (χ4n) is 3.66. The van der Waals surface area contributed by atoms with Crippen molar-refractivity contribution >= 4 is 0 Å². The Balaban J connectivity index is 1.71. The molecule has 1 N–H and O–H groups in total. The van der Waals surface area contributed by atoms with Gasteiger partial charge in [-0.05, 0) is 24.7 Å². The van der Waals surface area contributed by atoms with E-state index in [0.29, 0.717) is 11.5 Å². The highest BCUT2D eigenvalue weighted by atomic mass is 16.5. The molecule has 5 heteroatoms. The largest absolute Gasteiger partial charge is 0.385 e. The number of rotatable bonds is 5. The standard InChI is InChI=1S/C17H29N3O2/c1-17(2)6-4-16-14(10-17)15(19-22-16)12-20-8-7-18-11-13(20)5-9-21-3/h13,18H,4-12H2,1-3H3. The van der Waals surface area contributed by atoms with E-state index >= 15 is 0 Å². The minimum atomic E-state index is 0.367. The molecule has 22 heavy (non-hydrogen) atoms. The quantitative estimate of drug-likeness (QED) is 0.902. The van der Waals surface area contributed by atoms with Crippen LogP contribution in [0.2, 0.25) is 0 Å². The summed E-state index contributed by atoms with van der Waals surface area (Å²) < 4.78 is 10.9. The van der Waals surface area contributed by atoms with Gasteiger partial charge >= 0.3 is 0 Å². The maximum atomic E-state index is 5.62. The Morgan fingerprint density at radius 2 is 2.32 bits per heavy atom. The van der Waals surface area contributed by atoms with Gasteiger partial charge in [0.25, 0.3) is 0 Å². The number of methoxy groups -OCH3 is 1. The molecule has 1 atom stereocenters. The molecule has 3 rings (SSSR count). The molecule has 1 aromatic heterocycles. The van der Waals surface area contributed by atoms with Gasteiger partial charge < -0.3 is 14.6 Å². The van der Waals surface area contributed by atoms with Crippen molar-refractivity contribution in [3.8, 4) is 0 Å². The van der Waals surface area contributed by atoms with E-state index in [-0.39, 0.29) is 0 Å². The van der Waals surface area contributed by atoms with Crippen molar-refractivity contribution in [2.45, 2.75) is 52.1 Å². The second-order valence-electron chi connectivity index (χ2n) is 7.48. The molecule has 5 nitrogen and oxygen atoms in total. The lowest BCUT2D eigenvalue weighted by Gasteiger charge is -2.36. The first-order valence-corrected chi connectivity index (χ1v) is 8.49. The van der Waals surface area contributed by atoms with Gasteiger partial charge in [-0.3, -0.25) is 4.90 Å². The predicted molar refractivity (Wildman–Crippen MR) is 85.9 cm³/mol. The number of hydrogen-bond donors (Lipinski definition) is 1. The number of ether oxygens (including phenoxy) is 1. The van der Waals surface area contributed by atoms with Gasteiger partial charge in [-0.2, -0.15) is 0 Å². The Labute approximate surface area is 133 Å². The molecule has 1 aliphatic carbocycles. The third-order valence-corrected chi connectivity index (χ3v) is 5.12. The Morgan fingerprint density at radius 3 is 3.14 bits per heavy atom. The summed E-state index contributed by atoms with van der Waals surface area (Å²) in [6.07, 6.45) is 4.38. The van der Waals surface area contributed by atoms with Gasteiger partial charge in [0, 0.05) is 57.9 Å². The van der Waals surface area contributed by atoms with Crippen LogP contribution >= 0.6 is 0 Å². The van der Waals surface area contributed by atoms with Gasteiger partial charge in [-0.15, -0.1) is 0 Å². The number of aromatic nitrogens is 1. The van der Waals surface area contributed by atoms with E-state index in [1.54, 1.807) is 7.11 Å². The van der Waals surface area contributed by atoms with Gasteiger partial charge in [0.05, 0.1) is 0 Å². The van der Waals surface area contributed by atoms with Crippen LogP contribution in [-0.2, 0) is 24.1 Å². The number of aryl methyl sites for hydroxylation is 1. The summed E-state index contributed by atoms with van der Waals surface area (Å²) in [5.74, 6) is 1.12. The Kier molecular flexibility index (Phi) is 4.85. The molecule has 1 saturated heterocycles. The molecule has 0 radical (unpaired) electrons. The van der Waals surface area contributed by atoms with Crippen LogP contribution in [0, 0.1) is 5.41 Å². The number of hydrogen-bond acceptors (Lipinski definition) is 5. The summed E-state index contributed by atoms with van der Waals surface area (Å²) in [7, 11) is 1.77. The lowest BCUT2D eigenvalue weighted by molar-refractivity contribution is 0.104. The van der Waals surface area contributed by atoms with Crippen molar-refractivity contribution < 1.29 is 9.26 Å². The fourth-order valence-corrected chi connectivity index (χ4v) is 3.66. The number of nitrogens with zero attached hydrogens (tertiary/aromatic N) is 2. The molecule has 0 spiro atoms. The molecule has 1 unspecified atom stereocenters. The van der Waals surface area contributed by atoms with Gasteiger partial charge in [0.15, 0.2) is 0 Å². The minimum absolute atomic E-state index is 0.367. The second-order valence-corrected chi connectivity index (χ2v) is 7.48. The van der Waals surface area contributed by atoms with Crippen LogP contribution in [0.25, 0.3) is 0 Å². The maximum absolute atomic E-state index is 5.62. The normalized spacial score (nSPS) is 25.1. The molecule has 1 aromatic rings. The summed E-state index contributed by atoms with van der Waals surface area (Å²) in [5, 5.41) is 7.89. The minimum Gasteiger partial charge on any atom is -0.385 e. The van der Waals surface area contributed by atoms with Gasteiger partial charge in [-0.1, -0.05) is 19.0 Å². The number of fused-ring (bicyclic) bond motifs is 1. The first kappa shape index (κ1) is 16.0. The lowest BCUT2D eigenvalue weighted by atomic mass is 9.76. The van der Waals surface area contributed by atoms with Gasteiger partial charge in [-0.25, -0.2) is 0 Å². The fraction of sp³-hybridized carbons (Fsp3) is 0.824. The van der Waals surface area contributed by atoms with Crippen molar-refractivity contribution in [3.63, 3.8) is 0 Å². The lowest BCUT2D eigenvalue weighted by Crippen LogP contribution is -2.51. The zero-order valence-corrected chi connectivity index (χ0v) is 14.2. The summed E-state index contributed by atoms with van der Waals surface area (Å²) in [5.41, 5.74) is 2.90. The zero-order valence-electron chi connectivity index (χ0n) is 14.2. The van der Waals surface area contributed by atoms with E-state index in [1.807, 2.05) is 0 Å². The van der Waals surface area contributed by atoms with E-state index in [2.05, 4.69) is 29.2 Å². The van der Waals surface area contributed by atoms with Crippen molar-refractivity contribution in [2.75, 3.05) is 33.4 Å². The Bertz CT molecular complexity index is 498. The smallest absolute Gasteiger partial charge is 0.140 e. The Morgan fingerprint density at radius 1 is 1.45 bits per heavy atom. The van der Waals surface area contributed by atoms with Crippen molar-refractivity contribution in [1.29, 1.82) is 0 Å². The SMILES string of the molecule is COCCC1CNCCN1Cc1noc2c1CC(C)(C)CC2. The molecule has 124 valence electrons. The van der Waals surface area contributed by atoms with E-state index in [9.17, 15) is 0 Å². The van der Waals surface area contributed by atoms with E-state index in [0.717, 1.165) is 63.5 Å². The third-order valence-electron chi connectivity index (χ3n) is 5.12. The number of piperazine rings is 1. The van der Waals surface area contributed by atoms with Gasteiger partial charge in [0.2, 0.25) is 0 Å². The molecule has 2 heterocycles. The number of nitrogens with one attached hydrogen (secondary N) is 1. The first-order valence-electron chi connectivity index (χ1n) is 8.49. The summed E-state index contributed by atoms with van der Waals surface area (Å²) >= 11 is 0. The monoisotopic (exact) mass is 307 g/mol. The molecule has 0 saturated carbocycles. The van der Waals surface area contributed by atoms with Crippen LogP contribution in [0.3, 0.4) is 0 Å². The second kappa shape index (κ2) is 6.69. The van der Waals surface area contributed by atoms with Crippen LogP contribution in [0.5, 0.6) is 0 Å². The summed E-state index contributed by atoms with van der Waals surface area (Å²) in [4.78, 5) is 2.54. The van der Waals surface area contributed by atoms with Crippen molar-refractivity contribution in [3.05, 3.63) is 17.0 Å². The van der Waals surface area contributed by atoms with Gasteiger partial charge in [0.1, 0.15) is 11.5 Å². The third kappa shape index (κ3) is 3.53. The summed E-state index contributed by atoms with van der Waals surface area (Å²) in [6, 6.07) is 0.526. The van der Waals surface area contributed by atoms with Crippen LogP contribution in [-0.4, -0.2) is 49.4 Å². The molecule has 2 aliphatic rings. The van der Waals surface area contributed by atoms with Crippen LogP contribution < -0.4 is 5.32 Å². The zero-order chi connectivity index (χ0) is 15.6. The van der Waals surface area contributed by atoms with Crippen LogP contribution in [0.4, 0.5) is 0 Å². The summed E-state index contributed by atoms with van der Waals surface area (Å²) in [6.45, 7) is 9.57. The van der Waals surface area contributed by atoms with E-state index in [1.165, 1.54) is 12.0 Å². The molecule has 0 amide bonds. The highest BCUT2D eigenvalue weighted by molar-refractivity contribution is 5.27. The first-order chi connectivity index (χ1) is 10.6. The molecular formula is C17H29N3O2. The topological polar surface area (TPSA) is 50.5 Å². The molecule has 1 fully saturated rings. The van der Waals surface area contributed by atoms with E-state index in [4.69, 9.17) is 9.26 Å². The molecule has 1 aliphatic heterocycles. The predicted octanol–water partition coefficient (Wildman–Crippen LogP) is 2.00. The molecule has 0 bridgehead atoms.